The van der Waals surface area contributed by atoms with E-state index in [1.807, 2.05) is 31.3 Å². The predicted molar refractivity (Wildman–Crippen MR) is 93.9 cm³/mol. The van der Waals surface area contributed by atoms with Crippen LogP contribution in [0.2, 0.25) is 0 Å². The molecule has 0 N–H and O–H groups in total. The molecule has 0 aliphatic carbocycles. The molecule has 0 atom stereocenters. The van der Waals surface area contributed by atoms with Gasteiger partial charge >= 0.3 is 0 Å². The molecule has 0 unspecified atom stereocenters. The first kappa shape index (κ1) is 15.4. The summed E-state index contributed by atoms with van der Waals surface area (Å²) in [6.07, 6.45) is 0. The molecule has 4 rings (SSSR count). The summed E-state index contributed by atoms with van der Waals surface area (Å²) in [6, 6.07) is 14.3. The number of imide groups is 1. The number of nitrogens with zero attached hydrogens (tertiary/aromatic N) is 3. The van der Waals surface area contributed by atoms with Crippen LogP contribution in [0, 0.1) is 0 Å². The molecular weight excluding hydrogens is 318 g/mol. The van der Waals surface area contributed by atoms with E-state index in [1.165, 1.54) is 0 Å². The van der Waals surface area contributed by atoms with Gasteiger partial charge in [0.05, 0.1) is 22.5 Å². The molecule has 0 bridgehead atoms. The number of carbonyl (C=O) groups is 3. The topological polar surface area (TPSA) is 60.9 Å². The number of amides is 3. The van der Waals surface area contributed by atoms with Crippen LogP contribution in [0.5, 0.6) is 0 Å². The Morgan fingerprint density at radius 2 is 1.44 bits per heavy atom. The predicted octanol–water partition coefficient (Wildman–Crippen LogP) is 1.77. The van der Waals surface area contributed by atoms with Gasteiger partial charge < -0.3 is 9.80 Å². The number of rotatable bonds is 2. The minimum absolute atomic E-state index is 0.246. The molecule has 0 radical (unpaired) electrons. The third-order valence-electron chi connectivity index (χ3n) is 4.72. The molecular formula is C19H17N3O3. The van der Waals surface area contributed by atoms with Gasteiger partial charge in [-0.2, -0.15) is 0 Å². The van der Waals surface area contributed by atoms with Gasteiger partial charge in [-0.15, -0.1) is 0 Å². The van der Waals surface area contributed by atoms with Crippen molar-refractivity contribution in [2.45, 2.75) is 0 Å². The second kappa shape index (κ2) is 5.73. The smallest absolute Gasteiger partial charge is 0.262 e. The van der Waals surface area contributed by atoms with Crippen LogP contribution >= 0.6 is 0 Å². The van der Waals surface area contributed by atoms with Crippen molar-refractivity contribution < 1.29 is 14.4 Å². The van der Waals surface area contributed by atoms with Crippen LogP contribution in [0.3, 0.4) is 0 Å². The third kappa shape index (κ3) is 2.38. The molecule has 126 valence electrons. The van der Waals surface area contributed by atoms with Crippen molar-refractivity contribution in [3.63, 3.8) is 0 Å². The van der Waals surface area contributed by atoms with Gasteiger partial charge in [0, 0.05) is 20.1 Å². The molecule has 6 nitrogen and oxygen atoms in total. The minimum Gasteiger partial charge on any atom is -0.371 e. The SMILES string of the molecule is CN1CCN(C(=O)CN2C(=O)c3ccccc3C2=O)c2ccccc21. The Balaban J connectivity index is 1.59. The van der Waals surface area contributed by atoms with E-state index in [4.69, 9.17) is 0 Å². The molecule has 0 spiro atoms. The first-order chi connectivity index (χ1) is 12.1. The lowest BCUT2D eigenvalue weighted by Gasteiger charge is -2.36. The highest BCUT2D eigenvalue weighted by molar-refractivity contribution is 6.22. The van der Waals surface area contributed by atoms with Gasteiger partial charge in [0.25, 0.3) is 11.8 Å². The van der Waals surface area contributed by atoms with E-state index in [0.29, 0.717) is 24.2 Å². The highest BCUT2D eigenvalue weighted by atomic mass is 16.2. The molecule has 2 heterocycles. The molecule has 6 heteroatoms. The van der Waals surface area contributed by atoms with E-state index in [1.54, 1.807) is 29.2 Å². The van der Waals surface area contributed by atoms with Gasteiger partial charge in [0.2, 0.25) is 5.91 Å². The van der Waals surface area contributed by atoms with Crippen LogP contribution in [-0.4, -0.2) is 49.3 Å². The molecule has 0 saturated heterocycles. The van der Waals surface area contributed by atoms with Crippen LogP contribution in [0.1, 0.15) is 20.7 Å². The molecule has 3 amide bonds. The number of benzene rings is 2. The summed E-state index contributed by atoms with van der Waals surface area (Å²) in [7, 11) is 1.98. The Labute approximate surface area is 145 Å². The maximum atomic E-state index is 12.8. The summed E-state index contributed by atoms with van der Waals surface area (Å²) in [4.78, 5) is 42.5. The summed E-state index contributed by atoms with van der Waals surface area (Å²) in [5, 5.41) is 0. The molecule has 2 aromatic rings. The van der Waals surface area contributed by atoms with Crippen LogP contribution in [0.4, 0.5) is 11.4 Å². The molecule has 0 aromatic heterocycles. The number of para-hydroxylation sites is 2. The zero-order valence-electron chi connectivity index (χ0n) is 13.8. The van der Waals surface area contributed by atoms with Crippen molar-refractivity contribution in [2.75, 3.05) is 36.5 Å². The standard InChI is InChI=1S/C19H17N3O3/c1-20-10-11-21(16-9-5-4-8-15(16)20)17(23)12-22-18(24)13-6-2-3-7-14(13)19(22)25/h2-9H,10-12H2,1H3. The van der Waals surface area contributed by atoms with Gasteiger partial charge in [-0.3, -0.25) is 19.3 Å². The highest BCUT2D eigenvalue weighted by Crippen LogP contribution is 2.32. The van der Waals surface area contributed by atoms with Crippen LogP contribution in [-0.2, 0) is 4.79 Å². The Kier molecular flexibility index (Phi) is 3.53. The first-order valence-electron chi connectivity index (χ1n) is 8.13. The highest BCUT2D eigenvalue weighted by Gasteiger charge is 2.37. The normalized spacial score (nSPS) is 16.1. The number of hydrogen-bond donors (Lipinski definition) is 0. The summed E-state index contributed by atoms with van der Waals surface area (Å²) < 4.78 is 0. The van der Waals surface area contributed by atoms with Crippen molar-refractivity contribution in [3.8, 4) is 0 Å². The number of hydrogen-bond acceptors (Lipinski definition) is 4. The van der Waals surface area contributed by atoms with E-state index in [0.717, 1.165) is 16.3 Å². The lowest BCUT2D eigenvalue weighted by Crippen LogP contribution is -2.47. The monoisotopic (exact) mass is 335 g/mol. The fourth-order valence-corrected chi connectivity index (χ4v) is 3.37. The fourth-order valence-electron chi connectivity index (χ4n) is 3.37. The maximum absolute atomic E-state index is 12.8. The molecule has 2 aliphatic rings. The van der Waals surface area contributed by atoms with E-state index >= 15 is 0 Å². The number of carbonyl (C=O) groups excluding carboxylic acids is 3. The van der Waals surface area contributed by atoms with Gasteiger partial charge in [0.15, 0.2) is 0 Å². The van der Waals surface area contributed by atoms with Gasteiger partial charge in [-0.05, 0) is 24.3 Å². The van der Waals surface area contributed by atoms with Crippen molar-refractivity contribution in [2.24, 2.45) is 0 Å². The zero-order valence-corrected chi connectivity index (χ0v) is 13.8. The summed E-state index contributed by atoms with van der Waals surface area (Å²) in [5.41, 5.74) is 2.49. The van der Waals surface area contributed by atoms with E-state index < -0.39 is 11.8 Å². The summed E-state index contributed by atoms with van der Waals surface area (Å²) in [5.74, 6) is -1.07. The second-order valence-corrected chi connectivity index (χ2v) is 6.20. The number of fused-ring (bicyclic) bond motifs is 2. The second-order valence-electron chi connectivity index (χ2n) is 6.20. The van der Waals surface area contributed by atoms with Crippen LogP contribution in [0.25, 0.3) is 0 Å². The lowest BCUT2D eigenvalue weighted by atomic mass is 10.1. The quantitative estimate of drug-likeness (QED) is 0.785. The van der Waals surface area contributed by atoms with Gasteiger partial charge in [0.1, 0.15) is 6.54 Å². The fraction of sp³-hybridized carbons (Fsp3) is 0.211. The maximum Gasteiger partial charge on any atom is 0.262 e. The average molecular weight is 335 g/mol. The van der Waals surface area contributed by atoms with Crippen molar-refractivity contribution in [3.05, 3.63) is 59.7 Å². The molecule has 2 aliphatic heterocycles. The summed E-state index contributed by atoms with van der Waals surface area (Å²) in [6.45, 7) is 0.977. The third-order valence-corrected chi connectivity index (χ3v) is 4.72. The average Bonchev–Trinajstić information content (AvgIpc) is 2.87. The van der Waals surface area contributed by atoms with E-state index in [9.17, 15) is 14.4 Å². The Bertz CT molecular complexity index is 858. The molecule has 0 saturated carbocycles. The van der Waals surface area contributed by atoms with E-state index in [2.05, 4.69) is 4.90 Å². The zero-order chi connectivity index (χ0) is 17.6. The molecule has 0 fully saturated rings. The Morgan fingerprint density at radius 1 is 0.880 bits per heavy atom. The molecule has 25 heavy (non-hydrogen) atoms. The van der Waals surface area contributed by atoms with E-state index in [-0.39, 0.29) is 12.5 Å². The van der Waals surface area contributed by atoms with Crippen molar-refractivity contribution in [1.82, 2.24) is 4.90 Å². The van der Waals surface area contributed by atoms with Crippen molar-refractivity contribution >= 4 is 29.1 Å². The lowest BCUT2D eigenvalue weighted by molar-refractivity contribution is -0.119. The molecule has 2 aromatic carbocycles. The summed E-state index contributed by atoms with van der Waals surface area (Å²) >= 11 is 0. The van der Waals surface area contributed by atoms with Crippen molar-refractivity contribution in [1.29, 1.82) is 0 Å². The minimum atomic E-state index is -0.406. The number of anilines is 2. The Morgan fingerprint density at radius 3 is 2.08 bits per heavy atom. The van der Waals surface area contributed by atoms with Crippen LogP contribution in [0.15, 0.2) is 48.5 Å². The number of likely N-dealkylation sites (N-methyl/N-ethyl adjacent to an activating group) is 1. The van der Waals surface area contributed by atoms with Gasteiger partial charge in [-0.25, -0.2) is 0 Å². The largest absolute Gasteiger partial charge is 0.371 e. The first-order valence-corrected chi connectivity index (χ1v) is 8.13. The van der Waals surface area contributed by atoms with Crippen LogP contribution < -0.4 is 9.80 Å². The van der Waals surface area contributed by atoms with Gasteiger partial charge in [-0.1, -0.05) is 24.3 Å². The Hall–Kier alpha value is -3.15.